The van der Waals surface area contributed by atoms with Crippen molar-refractivity contribution in [3.05, 3.63) is 35.5 Å². The highest BCUT2D eigenvalue weighted by molar-refractivity contribution is 5.91. The fourth-order valence-corrected chi connectivity index (χ4v) is 2.78. The molecule has 3 heterocycles. The number of furan rings is 1. The smallest absolute Gasteiger partial charge is 0.273 e. The van der Waals surface area contributed by atoms with Gasteiger partial charge in [0.25, 0.3) is 5.91 Å². The SMILES string of the molecule is Cc1ccc(CN2CCC(CNC(=O)c3cn[nH]n3)CC2)o1. The van der Waals surface area contributed by atoms with E-state index in [0.29, 0.717) is 18.2 Å². The third kappa shape index (κ3) is 3.73. The summed E-state index contributed by atoms with van der Waals surface area (Å²) in [6.07, 6.45) is 3.60. The quantitative estimate of drug-likeness (QED) is 0.870. The third-order valence-corrected chi connectivity index (χ3v) is 4.08. The molecule has 118 valence electrons. The van der Waals surface area contributed by atoms with Gasteiger partial charge in [-0.2, -0.15) is 15.4 Å². The number of aromatic amines is 1. The number of nitrogens with one attached hydrogen (secondary N) is 2. The van der Waals surface area contributed by atoms with Crippen LogP contribution in [0.3, 0.4) is 0 Å². The molecule has 1 aliphatic rings. The number of amides is 1. The molecule has 2 aromatic heterocycles. The number of hydrogen-bond acceptors (Lipinski definition) is 5. The van der Waals surface area contributed by atoms with Crippen molar-refractivity contribution < 1.29 is 9.21 Å². The Labute approximate surface area is 129 Å². The van der Waals surface area contributed by atoms with Crippen LogP contribution in [0, 0.1) is 12.8 Å². The second-order valence-corrected chi connectivity index (χ2v) is 5.80. The Morgan fingerprint density at radius 1 is 1.45 bits per heavy atom. The predicted octanol–water partition coefficient (Wildman–Crippen LogP) is 1.35. The van der Waals surface area contributed by atoms with Crippen molar-refractivity contribution in [2.24, 2.45) is 5.92 Å². The summed E-state index contributed by atoms with van der Waals surface area (Å²) in [7, 11) is 0. The monoisotopic (exact) mass is 303 g/mol. The summed E-state index contributed by atoms with van der Waals surface area (Å²) in [5.41, 5.74) is 0.339. The van der Waals surface area contributed by atoms with Gasteiger partial charge in [0, 0.05) is 6.54 Å². The number of hydrogen-bond donors (Lipinski definition) is 2. The summed E-state index contributed by atoms with van der Waals surface area (Å²) in [6, 6.07) is 4.04. The first-order valence-corrected chi connectivity index (χ1v) is 7.62. The van der Waals surface area contributed by atoms with E-state index in [0.717, 1.165) is 44.0 Å². The largest absolute Gasteiger partial charge is 0.465 e. The predicted molar refractivity (Wildman–Crippen MR) is 80.2 cm³/mol. The fourth-order valence-electron chi connectivity index (χ4n) is 2.78. The number of likely N-dealkylation sites (tertiary alicyclic amines) is 1. The van der Waals surface area contributed by atoms with Crippen LogP contribution in [0.25, 0.3) is 0 Å². The van der Waals surface area contributed by atoms with Gasteiger partial charge in [-0.05, 0) is 50.9 Å². The van der Waals surface area contributed by atoms with Gasteiger partial charge in [0.15, 0.2) is 5.69 Å². The van der Waals surface area contributed by atoms with E-state index in [1.807, 2.05) is 19.1 Å². The molecule has 2 aromatic rings. The molecule has 0 aromatic carbocycles. The zero-order chi connectivity index (χ0) is 15.4. The van der Waals surface area contributed by atoms with Crippen LogP contribution >= 0.6 is 0 Å². The van der Waals surface area contributed by atoms with E-state index in [9.17, 15) is 4.79 Å². The molecule has 7 nitrogen and oxygen atoms in total. The Morgan fingerprint density at radius 2 is 2.27 bits per heavy atom. The number of H-pyrrole nitrogens is 1. The van der Waals surface area contributed by atoms with E-state index in [-0.39, 0.29) is 5.91 Å². The number of aryl methyl sites for hydroxylation is 1. The molecule has 3 rings (SSSR count). The van der Waals surface area contributed by atoms with Gasteiger partial charge in [0.1, 0.15) is 11.5 Å². The van der Waals surface area contributed by atoms with Crippen LogP contribution in [0.2, 0.25) is 0 Å². The first-order chi connectivity index (χ1) is 10.7. The number of rotatable bonds is 5. The first kappa shape index (κ1) is 14.8. The highest BCUT2D eigenvalue weighted by Gasteiger charge is 2.21. The van der Waals surface area contributed by atoms with E-state index >= 15 is 0 Å². The first-order valence-electron chi connectivity index (χ1n) is 7.62. The molecule has 1 saturated heterocycles. The molecule has 0 atom stereocenters. The van der Waals surface area contributed by atoms with Crippen molar-refractivity contribution in [1.29, 1.82) is 0 Å². The van der Waals surface area contributed by atoms with Crippen molar-refractivity contribution in [3.8, 4) is 0 Å². The van der Waals surface area contributed by atoms with Gasteiger partial charge in [0.2, 0.25) is 0 Å². The Balaban J connectivity index is 1.39. The summed E-state index contributed by atoms with van der Waals surface area (Å²) in [5, 5.41) is 12.8. The molecular formula is C15H21N5O2. The average Bonchev–Trinajstić information content (AvgIpc) is 3.18. The van der Waals surface area contributed by atoms with Crippen molar-refractivity contribution in [1.82, 2.24) is 25.6 Å². The van der Waals surface area contributed by atoms with Crippen LogP contribution in [0.5, 0.6) is 0 Å². The van der Waals surface area contributed by atoms with Crippen molar-refractivity contribution in [2.75, 3.05) is 19.6 Å². The standard InChI is InChI=1S/C15H21N5O2/c1-11-2-3-13(22-11)10-20-6-4-12(5-7-20)8-16-15(21)14-9-17-19-18-14/h2-3,9,12H,4-8,10H2,1H3,(H,16,21)(H,17,18,19). The van der Waals surface area contributed by atoms with E-state index < -0.39 is 0 Å². The van der Waals surface area contributed by atoms with Gasteiger partial charge in [-0.25, -0.2) is 0 Å². The molecule has 0 radical (unpaired) electrons. The van der Waals surface area contributed by atoms with Crippen LogP contribution in [-0.4, -0.2) is 45.9 Å². The molecule has 1 amide bonds. The van der Waals surface area contributed by atoms with E-state index in [1.165, 1.54) is 6.20 Å². The molecule has 0 spiro atoms. The Bertz CT molecular complexity index is 599. The average molecular weight is 303 g/mol. The molecule has 0 aliphatic carbocycles. The van der Waals surface area contributed by atoms with E-state index in [4.69, 9.17) is 4.42 Å². The molecule has 0 saturated carbocycles. The maximum Gasteiger partial charge on any atom is 0.273 e. The zero-order valence-electron chi connectivity index (χ0n) is 12.7. The summed E-state index contributed by atoms with van der Waals surface area (Å²) < 4.78 is 5.62. The molecule has 7 heteroatoms. The van der Waals surface area contributed by atoms with Gasteiger partial charge >= 0.3 is 0 Å². The number of aromatic nitrogens is 3. The lowest BCUT2D eigenvalue weighted by Gasteiger charge is -2.31. The Kier molecular flexibility index (Phi) is 4.53. The summed E-state index contributed by atoms with van der Waals surface area (Å²) in [5.74, 6) is 2.34. The van der Waals surface area contributed by atoms with Gasteiger partial charge in [-0.15, -0.1) is 0 Å². The second kappa shape index (κ2) is 6.74. The van der Waals surface area contributed by atoms with Crippen LogP contribution in [0.4, 0.5) is 0 Å². The lowest BCUT2D eigenvalue weighted by atomic mass is 9.96. The summed E-state index contributed by atoms with van der Waals surface area (Å²) >= 11 is 0. The van der Waals surface area contributed by atoms with Gasteiger partial charge in [-0.1, -0.05) is 0 Å². The number of carbonyl (C=O) groups excluding carboxylic acids is 1. The second-order valence-electron chi connectivity index (χ2n) is 5.80. The molecule has 0 unspecified atom stereocenters. The lowest BCUT2D eigenvalue weighted by molar-refractivity contribution is 0.0929. The van der Waals surface area contributed by atoms with Crippen molar-refractivity contribution in [3.63, 3.8) is 0 Å². The third-order valence-electron chi connectivity index (χ3n) is 4.08. The van der Waals surface area contributed by atoms with Gasteiger partial charge < -0.3 is 9.73 Å². The lowest BCUT2D eigenvalue weighted by Crippen LogP contribution is -2.38. The molecule has 1 aliphatic heterocycles. The number of piperidine rings is 1. The molecule has 2 N–H and O–H groups in total. The van der Waals surface area contributed by atoms with Crippen LogP contribution in [0.1, 0.15) is 34.9 Å². The topological polar surface area (TPSA) is 87.0 Å². The van der Waals surface area contributed by atoms with Crippen LogP contribution < -0.4 is 5.32 Å². The molecule has 0 bridgehead atoms. The summed E-state index contributed by atoms with van der Waals surface area (Å²) in [4.78, 5) is 14.2. The van der Waals surface area contributed by atoms with E-state index in [1.54, 1.807) is 0 Å². The van der Waals surface area contributed by atoms with Crippen LogP contribution in [0.15, 0.2) is 22.7 Å². The highest BCUT2D eigenvalue weighted by atomic mass is 16.3. The van der Waals surface area contributed by atoms with Crippen LogP contribution in [-0.2, 0) is 6.54 Å². The highest BCUT2D eigenvalue weighted by Crippen LogP contribution is 2.19. The molecule has 22 heavy (non-hydrogen) atoms. The minimum Gasteiger partial charge on any atom is -0.465 e. The molecular weight excluding hydrogens is 282 g/mol. The Morgan fingerprint density at radius 3 is 2.91 bits per heavy atom. The van der Waals surface area contributed by atoms with Gasteiger partial charge in [-0.3, -0.25) is 9.69 Å². The number of nitrogens with zero attached hydrogens (tertiary/aromatic N) is 3. The van der Waals surface area contributed by atoms with Crippen molar-refractivity contribution >= 4 is 5.91 Å². The van der Waals surface area contributed by atoms with E-state index in [2.05, 4.69) is 25.6 Å². The zero-order valence-corrected chi connectivity index (χ0v) is 12.7. The number of carbonyl (C=O) groups is 1. The summed E-state index contributed by atoms with van der Waals surface area (Å²) in [6.45, 7) is 5.59. The van der Waals surface area contributed by atoms with Gasteiger partial charge in [0.05, 0.1) is 12.7 Å². The fraction of sp³-hybridized carbons (Fsp3) is 0.533. The van der Waals surface area contributed by atoms with Crippen molar-refractivity contribution in [2.45, 2.75) is 26.3 Å². The maximum absolute atomic E-state index is 11.8. The minimum atomic E-state index is -0.165. The maximum atomic E-state index is 11.8. The minimum absolute atomic E-state index is 0.165. The normalized spacial score (nSPS) is 16.8. The molecule has 1 fully saturated rings. The Hall–Kier alpha value is -2.15.